The number of amides is 1. The quantitative estimate of drug-likeness (QED) is 0.492. The zero-order valence-corrected chi connectivity index (χ0v) is 22.9. The molecule has 3 aliphatic rings. The Morgan fingerprint density at radius 3 is 2.58 bits per heavy atom. The van der Waals surface area contributed by atoms with Crippen LogP contribution in [0, 0.1) is 0 Å². The fourth-order valence-corrected chi connectivity index (χ4v) is 6.68. The Balaban J connectivity index is 1.47. The second-order valence-electron chi connectivity index (χ2n) is 10.6. The van der Waals surface area contributed by atoms with Crippen LogP contribution in [0.4, 0.5) is 11.6 Å². The molecule has 2 N–H and O–H groups in total. The van der Waals surface area contributed by atoms with E-state index in [-0.39, 0.29) is 18.1 Å². The third-order valence-corrected chi connectivity index (χ3v) is 8.64. The van der Waals surface area contributed by atoms with E-state index in [1.54, 1.807) is 22.6 Å². The van der Waals surface area contributed by atoms with Crippen LogP contribution in [0.25, 0.3) is 20.4 Å². The molecule has 0 saturated carbocycles. The normalized spacial score (nSPS) is 20.1. The Kier molecular flexibility index (Phi) is 7.18. The summed E-state index contributed by atoms with van der Waals surface area (Å²) < 4.78 is 18.2. The van der Waals surface area contributed by atoms with E-state index in [9.17, 15) is 4.79 Å². The van der Waals surface area contributed by atoms with Crippen molar-refractivity contribution >= 4 is 49.3 Å². The van der Waals surface area contributed by atoms with E-state index in [2.05, 4.69) is 28.6 Å². The van der Waals surface area contributed by atoms with Gasteiger partial charge in [-0.3, -0.25) is 14.6 Å². The molecule has 2 saturated heterocycles. The fraction of sp³-hybridized carbons (Fsp3) is 0.615. The number of hydrogen-bond donors (Lipinski definition) is 1. The van der Waals surface area contributed by atoms with Gasteiger partial charge in [0.1, 0.15) is 17.0 Å². The molecule has 6 rings (SSSR count). The lowest BCUT2D eigenvalue weighted by Gasteiger charge is -2.36. The van der Waals surface area contributed by atoms with Crippen molar-refractivity contribution in [3.63, 3.8) is 0 Å². The summed E-state index contributed by atoms with van der Waals surface area (Å²) in [6.45, 7) is 12.0. The van der Waals surface area contributed by atoms with Gasteiger partial charge in [-0.05, 0) is 19.4 Å². The summed E-state index contributed by atoms with van der Waals surface area (Å²) in [4.78, 5) is 34.8. The van der Waals surface area contributed by atoms with Crippen LogP contribution in [0.2, 0.25) is 0 Å². The Morgan fingerprint density at radius 2 is 1.84 bits per heavy atom. The number of aromatic nitrogens is 3. The van der Waals surface area contributed by atoms with Gasteiger partial charge in [0.25, 0.3) is 0 Å². The number of hydrogen-bond acceptors (Lipinski definition) is 11. The number of morpholine rings is 2. The first-order valence-electron chi connectivity index (χ1n) is 13.3. The van der Waals surface area contributed by atoms with Crippen molar-refractivity contribution in [2.45, 2.75) is 32.5 Å². The highest BCUT2D eigenvalue weighted by Crippen LogP contribution is 2.44. The number of rotatable bonds is 6. The number of ether oxygens (including phenoxy) is 3. The fourth-order valence-electron chi connectivity index (χ4n) is 5.53. The molecule has 0 bridgehead atoms. The molecule has 0 aliphatic carbocycles. The summed E-state index contributed by atoms with van der Waals surface area (Å²) in [5, 5.41) is 1.05. The minimum atomic E-state index is -0.298. The van der Waals surface area contributed by atoms with Crippen LogP contribution in [0.1, 0.15) is 25.0 Å². The van der Waals surface area contributed by atoms with Crippen LogP contribution in [0.5, 0.6) is 0 Å². The topological polar surface area (TPSA) is 119 Å². The number of fused-ring (bicyclic) bond motifs is 5. The number of carbonyl (C=O) groups is 1. The first-order chi connectivity index (χ1) is 18.4. The van der Waals surface area contributed by atoms with Crippen LogP contribution in [0.15, 0.2) is 6.33 Å². The second-order valence-corrected chi connectivity index (χ2v) is 11.6. The number of thiophene rings is 1. The van der Waals surface area contributed by atoms with Crippen molar-refractivity contribution in [1.82, 2.24) is 19.9 Å². The molecule has 2 fully saturated rings. The zero-order valence-electron chi connectivity index (χ0n) is 22.1. The van der Waals surface area contributed by atoms with Gasteiger partial charge in [-0.15, -0.1) is 11.3 Å². The van der Waals surface area contributed by atoms with E-state index in [0.717, 1.165) is 71.0 Å². The highest BCUT2D eigenvalue weighted by molar-refractivity contribution is 7.26. The van der Waals surface area contributed by atoms with Crippen LogP contribution in [0.3, 0.4) is 0 Å². The molecular formula is C26H35N7O4S. The van der Waals surface area contributed by atoms with E-state index in [4.69, 9.17) is 29.9 Å². The third-order valence-electron chi connectivity index (χ3n) is 7.57. The maximum absolute atomic E-state index is 13.1. The summed E-state index contributed by atoms with van der Waals surface area (Å²) in [6.07, 6.45) is 2.31. The molecule has 3 aromatic heterocycles. The minimum absolute atomic E-state index is 0.0835. The van der Waals surface area contributed by atoms with Crippen molar-refractivity contribution in [3.8, 4) is 0 Å². The lowest BCUT2D eigenvalue weighted by Crippen LogP contribution is -2.45. The van der Waals surface area contributed by atoms with Crippen molar-refractivity contribution in [1.29, 1.82) is 0 Å². The van der Waals surface area contributed by atoms with Gasteiger partial charge in [0.2, 0.25) is 5.91 Å². The van der Waals surface area contributed by atoms with Crippen LogP contribution in [-0.4, -0.2) is 104 Å². The summed E-state index contributed by atoms with van der Waals surface area (Å²) in [7, 11) is 0. The van der Waals surface area contributed by atoms with Gasteiger partial charge >= 0.3 is 0 Å². The first kappa shape index (κ1) is 25.8. The van der Waals surface area contributed by atoms with Crippen LogP contribution < -0.4 is 15.5 Å². The monoisotopic (exact) mass is 541 g/mol. The van der Waals surface area contributed by atoms with Gasteiger partial charge < -0.3 is 24.8 Å². The van der Waals surface area contributed by atoms with E-state index < -0.39 is 0 Å². The number of nitrogens with two attached hydrogens (primary N) is 1. The summed E-state index contributed by atoms with van der Waals surface area (Å²) in [5.74, 6) is 1.42. The summed E-state index contributed by atoms with van der Waals surface area (Å²) >= 11 is 1.55. The van der Waals surface area contributed by atoms with Crippen molar-refractivity contribution in [2.24, 2.45) is 5.73 Å². The number of nitrogens with zero attached hydrogens (tertiary/aromatic N) is 6. The molecule has 0 radical (unpaired) electrons. The van der Waals surface area contributed by atoms with E-state index in [1.807, 2.05) is 0 Å². The first-order valence-corrected chi connectivity index (χ1v) is 14.1. The van der Waals surface area contributed by atoms with Crippen LogP contribution in [-0.2, 0) is 32.0 Å². The molecule has 1 amide bonds. The standard InChI is InChI=1S/C26H35N7O4S/c1-26(2)13-17-18(15-37-26)23(32-7-11-36-12-8-32)30-25-20(17)21-22(38-25)24(29-16-28-21)33(19(34)14-27)4-3-31-5-9-35-10-6-31/h16H,3-15,27H2,1-2H3. The SMILES string of the molecule is CC1(C)Cc2c(c(N3CCOCC3)nc3sc4c(N(CCN5CCOCC5)C(=O)CN)ncnc4c23)CO1. The van der Waals surface area contributed by atoms with Crippen molar-refractivity contribution in [3.05, 3.63) is 17.5 Å². The lowest BCUT2D eigenvalue weighted by atomic mass is 9.90. The molecule has 38 heavy (non-hydrogen) atoms. The molecule has 0 atom stereocenters. The Morgan fingerprint density at radius 1 is 1.11 bits per heavy atom. The number of anilines is 2. The smallest absolute Gasteiger partial charge is 0.241 e. The van der Waals surface area contributed by atoms with Gasteiger partial charge in [-0.25, -0.2) is 15.0 Å². The molecule has 204 valence electrons. The Labute approximate surface area is 225 Å². The van der Waals surface area contributed by atoms with E-state index >= 15 is 0 Å². The Bertz CT molecular complexity index is 1330. The number of carbonyl (C=O) groups excluding carboxylic acids is 1. The second kappa shape index (κ2) is 10.6. The molecule has 3 aromatic rings. The Hall–Kier alpha value is -2.48. The lowest BCUT2D eigenvalue weighted by molar-refractivity contribution is -0.117. The maximum atomic E-state index is 13.1. The molecule has 11 nitrogen and oxygen atoms in total. The summed E-state index contributed by atoms with van der Waals surface area (Å²) in [5.41, 5.74) is 8.75. The van der Waals surface area contributed by atoms with E-state index in [0.29, 0.717) is 45.4 Å². The van der Waals surface area contributed by atoms with Gasteiger partial charge in [0, 0.05) is 56.6 Å². The summed E-state index contributed by atoms with van der Waals surface area (Å²) in [6, 6.07) is 0. The van der Waals surface area contributed by atoms with E-state index in [1.165, 1.54) is 5.56 Å². The molecule has 6 heterocycles. The van der Waals surface area contributed by atoms with Gasteiger partial charge in [-0.1, -0.05) is 0 Å². The molecule has 3 aliphatic heterocycles. The average Bonchev–Trinajstić information content (AvgIpc) is 3.32. The molecule has 12 heteroatoms. The minimum Gasteiger partial charge on any atom is -0.379 e. The predicted octanol–water partition coefficient (Wildman–Crippen LogP) is 1.55. The average molecular weight is 542 g/mol. The van der Waals surface area contributed by atoms with Gasteiger partial charge in [0.15, 0.2) is 5.82 Å². The maximum Gasteiger partial charge on any atom is 0.241 e. The molecular weight excluding hydrogens is 506 g/mol. The van der Waals surface area contributed by atoms with Gasteiger partial charge in [0.05, 0.1) is 55.4 Å². The third kappa shape index (κ3) is 4.85. The van der Waals surface area contributed by atoms with Gasteiger partial charge in [-0.2, -0.15) is 0 Å². The predicted molar refractivity (Wildman–Crippen MR) is 147 cm³/mol. The molecule has 0 spiro atoms. The van der Waals surface area contributed by atoms with Crippen LogP contribution >= 0.6 is 11.3 Å². The van der Waals surface area contributed by atoms with Crippen molar-refractivity contribution in [2.75, 3.05) is 82.0 Å². The largest absolute Gasteiger partial charge is 0.379 e. The highest BCUT2D eigenvalue weighted by atomic mass is 32.1. The number of pyridine rings is 1. The zero-order chi connectivity index (χ0) is 26.3. The molecule has 0 unspecified atom stereocenters. The molecule has 0 aromatic carbocycles. The van der Waals surface area contributed by atoms with Crippen molar-refractivity contribution < 1.29 is 19.0 Å². The highest BCUT2D eigenvalue weighted by Gasteiger charge is 2.34.